The molecule has 7 heteroatoms. The molecule has 0 radical (unpaired) electrons. The van der Waals surface area contributed by atoms with Gasteiger partial charge in [-0.25, -0.2) is 13.4 Å². The average molecular weight is 286 g/mol. The first kappa shape index (κ1) is 14.5. The summed E-state index contributed by atoms with van der Waals surface area (Å²) in [5.74, 6) is 0. The Kier molecular flexibility index (Phi) is 4.59. The van der Waals surface area contributed by atoms with Gasteiger partial charge in [0.15, 0.2) is 5.03 Å². The molecule has 1 aliphatic rings. The van der Waals surface area contributed by atoms with Crippen molar-refractivity contribution in [1.82, 2.24) is 19.2 Å². The highest BCUT2D eigenvalue weighted by atomic mass is 32.2. The molecule has 1 unspecified atom stereocenters. The van der Waals surface area contributed by atoms with Crippen molar-refractivity contribution in [3.63, 3.8) is 0 Å². The summed E-state index contributed by atoms with van der Waals surface area (Å²) in [6.07, 6.45) is 5.83. The zero-order valence-corrected chi connectivity index (χ0v) is 12.4. The number of imidazole rings is 1. The minimum Gasteiger partial charge on any atom is -0.339 e. The van der Waals surface area contributed by atoms with Gasteiger partial charge in [0, 0.05) is 32.4 Å². The molecule has 2 rings (SSSR count). The second-order valence-corrected chi connectivity index (χ2v) is 6.83. The summed E-state index contributed by atoms with van der Waals surface area (Å²) < 4.78 is 28.6. The van der Waals surface area contributed by atoms with Gasteiger partial charge in [0.1, 0.15) is 0 Å². The fraction of sp³-hybridized carbons (Fsp3) is 0.750. The zero-order valence-electron chi connectivity index (χ0n) is 11.5. The molecule has 0 bridgehead atoms. The average Bonchev–Trinajstić information content (AvgIpc) is 2.84. The highest BCUT2D eigenvalue weighted by Crippen LogP contribution is 2.20. The Balaban J connectivity index is 2.26. The smallest absolute Gasteiger partial charge is 0.262 e. The normalized spacial score (nSPS) is 20.9. The van der Waals surface area contributed by atoms with Crippen LogP contribution in [0.4, 0.5) is 0 Å². The molecule has 1 atom stereocenters. The number of aryl methyl sites for hydroxylation is 1. The topological polar surface area (TPSA) is 67.2 Å². The van der Waals surface area contributed by atoms with Gasteiger partial charge in [-0.05, 0) is 25.8 Å². The number of aromatic nitrogens is 2. The molecule has 1 aliphatic heterocycles. The maximum absolute atomic E-state index is 12.7. The molecule has 108 valence electrons. The molecule has 0 spiro atoms. The molecule has 19 heavy (non-hydrogen) atoms. The van der Waals surface area contributed by atoms with Gasteiger partial charge in [-0.15, -0.1) is 0 Å². The number of hydrogen-bond acceptors (Lipinski definition) is 4. The lowest BCUT2D eigenvalue weighted by Gasteiger charge is -2.33. The summed E-state index contributed by atoms with van der Waals surface area (Å²) in [5, 5.41) is 3.42. The Hall–Kier alpha value is -0.920. The fourth-order valence-corrected chi connectivity index (χ4v) is 4.16. The van der Waals surface area contributed by atoms with Gasteiger partial charge < -0.3 is 9.88 Å². The second kappa shape index (κ2) is 6.02. The van der Waals surface area contributed by atoms with Crippen LogP contribution in [-0.2, 0) is 17.1 Å². The van der Waals surface area contributed by atoms with E-state index in [0.717, 1.165) is 32.4 Å². The Morgan fingerprint density at radius 2 is 2.37 bits per heavy atom. The van der Waals surface area contributed by atoms with E-state index >= 15 is 0 Å². The van der Waals surface area contributed by atoms with Gasteiger partial charge in [0.2, 0.25) is 0 Å². The van der Waals surface area contributed by atoms with Gasteiger partial charge in [0.25, 0.3) is 10.0 Å². The number of hydrogen-bond donors (Lipinski definition) is 1. The molecule has 1 aromatic rings. The van der Waals surface area contributed by atoms with Crippen LogP contribution in [0.2, 0.25) is 0 Å². The van der Waals surface area contributed by atoms with Crippen LogP contribution in [0.3, 0.4) is 0 Å². The van der Waals surface area contributed by atoms with Crippen molar-refractivity contribution in [3.05, 3.63) is 12.5 Å². The third-order valence-electron chi connectivity index (χ3n) is 3.38. The third kappa shape index (κ3) is 3.16. The van der Waals surface area contributed by atoms with E-state index in [9.17, 15) is 8.42 Å². The van der Waals surface area contributed by atoms with Gasteiger partial charge in [-0.3, -0.25) is 0 Å². The minimum absolute atomic E-state index is 0.0423. The van der Waals surface area contributed by atoms with E-state index in [-0.39, 0.29) is 11.1 Å². The van der Waals surface area contributed by atoms with E-state index in [1.165, 1.54) is 6.33 Å². The van der Waals surface area contributed by atoms with Crippen LogP contribution < -0.4 is 5.32 Å². The van der Waals surface area contributed by atoms with E-state index in [1.807, 2.05) is 6.92 Å². The molecule has 1 fully saturated rings. The van der Waals surface area contributed by atoms with Crippen molar-refractivity contribution >= 4 is 10.0 Å². The SMILES string of the molecule is CCCN(C1CCCNC1)S(=O)(=O)c1cn(C)cn1. The van der Waals surface area contributed by atoms with E-state index < -0.39 is 10.0 Å². The Bertz CT molecular complexity index is 506. The summed E-state index contributed by atoms with van der Waals surface area (Å²) >= 11 is 0. The van der Waals surface area contributed by atoms with Crippen LogP contribution >= 0.6 is 0 Å². The van der Waals surface area contributed by atoms with Crippen LogP contribution in [-0.4, -0.2) is 48.0 Å². The molecule has 1 aromatic heterocycles. The van der Waals surface area contributed by atoms with Crippen LogP contribution in [0.25, 0.3) is 0 Å². The maximum Gasteiger partial charge on any atom is 0.262 e. The molecule has 0 saturated carbocycles. The molecule has 0 aliphatic carbocycles. The monoisotopic (exact) mass is 286 g/mol. The lowest BCUT2D eigenvalue weighted by atomic mass is 10.1. The number of nitrogens with zero attached hydrogens (tertiary/aromatic N) is 3. The number of nitrogens with one attached hydrogen (secondary N) is 1. The number of piperidine rings is 1. The molecular weight excluding hydrogens is 264 g/mol. The summed E-state index contributed by atoms with van der Waals surface area (Å²) in [6.45, 7) is 4.24. The van der Waals surface area contributed by atoms with Gasteiger partial charge >= 0.3 is 0 Å². The first-order chi connectivity index (χ1) is 9.05. The number of sulfonamides is 1. The Morgan fingerprint density at radius 1 is 1.58 bits per heavy atom. The predicted octanol–water partition coefficient (Wildman–Crippen LogP) is 0.573. The fourth-order valence-electron chi connectivity index (χ4n) is 2.44. The van der Waals surface area contributed by atoms with Crippen molar-refractivity contribution in [3.8, 4) is 0 Å². The zero-order chi connectivity index (χ0) is 13.9. The van der Waals surface area contributed by atoms with E-state index in [2.05, 4.69) is 10.3 Å². The summed E-state index contributed by atoms with van der Waals surface area (Å²) in [4.78, 5) is 4.00. The highest BCUT2D eigenvalue weighted by Gasteiger charge is 2.32. The minimum atomic E-state index is -3.48. The van der Waals surface area contributed by atoms with Crippen molar-refractivity contribution < 1.29 is 8.42 Å². The quantitative estimate of drug-likeness (QED) is 0.859. The van der Waals surface area contributed by atoms with Crippen LogP contribution in [0.15, 0.2) is 17.6 Å². The lowest BCUT2D eigenvalue weighted by molar-refractivity contribution is 0.265. The van der Waals surface area contributed by atoms with Gasteiger partial charge in [0.05, 0.1) is 6.33 Å². The molecule has 0 amide bonds. The molecular formula is C12H22N4O2S. The van der Waals surface area contributed by atoms with Crippen molar-refractivity contribution in [1.29, 1.82) is 0 Å². The van der Waals surface area contributed by atoms with E-state index in [4.69, 9.17) is 0 Å². The van der Waals surface area contributed by atoms with Crippen LogP contribution in [0, 0.1) is 0 Å². The largest absolute Gasteiger partial charge is 0.339 e. The summed E-state index contributed by atoms with van der Waals surface area (Å²) in [7, 11) is -1.70. The second-order valence-electron chi connectivity index (χ2n) is 4.99. The standard InChI is InChI=1S/C12H22N4O2S/c1-3-7-16(11-5-4-6-13-8-11)19(17,18)12-9-15(2)10-14-12/h9-11,13H,3-8H2,1-2H3. The van der Waals surface area contributed by atoms with E-state index in [1.54, 1.807) is 22.1 Å². The predicted molar refractivity (Wildman–Crippen MR) is 73.3 cm³/mol. The van der Waals surface area contributed by atoms with Crippen LogP contribution in [0.5, 0.6) is 0 Å². The summed E-state index contributed by atoms with van der Waals surface area (Å²) in [6, 6.07) is 0.0423. The molecule has 6 nitrogen and oxygen atoms in total. The van der Waals surface area contributed by atoms with Crippen molar-refractivity contribution in [2.45, 2.75) is 37.3 Å². The lowest BCUT2D eigenvalue weighted by Crippen LogP contribution is -2.48. The maximum atomic E-state index is 12.7. The molecule has 0 aromatic carbocycles. The Morgan fingerprint density at radius 3 is 2.89 bits per heavy atom. The molecule has 1 N–H and O–H groups in total. The number of rotatable bonds is 5. The van der Waals surface area contributed by atoms with Gasteiger partial charge in [-0.2, -0.15) is 4.31 Å². The van der Waals surface area contributed by atoms with Crippen molar-refractivity contribution in [2.24, 2.45) is 7.05 Å². The molecule has 2 heterocycles. The summed E-state index contributed by atoms with van der Waals surface area (Å²) in [5.41, 5.74) is 0. The highest BCUT2D eigenvalue weighted by molar-refractivity contribution is 7.89. The van der Waals surface area contributed by atoms with Gasteiger partial charge in [-0.1, -0.05) is 6.92 Å². The van der Waals surface area contributed by atoms with Crippen molar-refractivity contribution in [2.75, 3.05) is 19.6 Å². The first-order valence-corrected chi connectivity index (χ1v) is 8.20. The first-order valence-electron chi connectivity index (χ1n) is 6.76. The Labute approximate surface area is 114 Å². The van der Waals surface area contributed by atoms with Crippen LogP contribution in [0.1, 0.15) is 26.2 Å². The molecule has 1 saturated heterocycles. The third-order valence-corrected chi connectivity index (χ3v) is 5.21. The van der Waals surface area contributed by atoms with E-state index in [0.29, 0.717) is 6.54 Å².